The fraction of sp³-hybridized carbons (Fsp3) is 0.625. The van der Waals surface area contributed by atoms with Crippen molar-refractivity contribution in [1.29, 1.82) is 0 Å². The Bertz CT molecular complexity index is 337. The molecule has 0 saturated heterocycles. The zero-order chi connectivity index (χ0) is 13.6. The Kier molecular flexibility index (Phi) is 6.17. The van der Waals surface area contributed by atoms with E-state index >= 15 is 0 Å². The van der Waals surface area contributed by atoms with Gasteiger partial charge in [-0.15, -0.1) is 0 Å². The van der Waals surface area contributed by atoms with Gasteiger partial charge in [-0.05, 0) is 48.4 Å². The lowest BCUT2D eigenvalue weighted by atomic mass is 9.84. The Hall–Kier alpha value is -0.530. The van der Waals surface area contributed by atoms with E-state index in [0.717, 1.165) is 18.1 Å². The molecule has 0 aromatic heterocycles. The van der Waals surface area contributed by atoms with Crippen LogP contribution in [0.4, 0.5) is 0 Å². The van der Waals surface area contributed by atoms with Crippen LogP contribution in [-0.4, -0.2) is 13.1 Å². The van der Waals surface area contributed by atoms with E-state index < -0.39 is 0 Å². The van der Waals surface area contributed by atoms with Crippen molar-refractivity contribution in [3.05, 3.63) is 34.9 Å². The van der Waals surface area contributed by atoms with Crippen molar-refractivity contribution < 1.29 is 0 Å². The van der Waals surface area contributed by atoms with Gasteiger partial charge in [-0.25, -0.2) is 0 Å². The molecule has 0 fully saturated rings. The van der Waals surface area contributed by atoms with Gasteiger partial charge < -0.3 is 5.32 Å². The van der Waals surface area contributed by atoms with Crippen molar-refractivity contribution in [2.45, 2.75) is 46.5 Å². The summed E-state index contributed by atoms with van der Waals surface area (Å²) < 4.78 is 0. The van der Waals surface area contributed by atoms with Crippen LogP contribution in [0, 0.1) is 5.41 Å². The molecule has 0 aliphatic rings. The second-order valence-corrected chi connectivity index (χ2v) is 6.59. The fourth-order valence-electron chi connectivity index (χ4n) is 2.05. The molecular weight excluding hydrogens is 242 g/mol. The fourth-order valence-corrected chi connectivity index (χ4v) is 2.17. The van der Waals surface area contributed by atoms with Crippen molar-refractivity contribution >= 4 is 11.6 Å². The zero-order valence-electron chi connectivity index (χ0n) is 12.1. The maximum absolute atomic E-state index is 5.95. The van der Waals surface area contributed by atoms with Crippen LogP contribution in [-0.2, 0) is 0 Å². The topological polar surface area (TPSA) is 12.0 Å². The molecule has 0 saturated carbocycles. The zero-order valence-corrected chi connectivity index (χ0v) is 12.8. The van der Waals surface area contributed by atoms with E-state index in [4.69, 9.17) is 11.6 Å². The number of nitrogens with one attached hydrogen (secondary N) is 1. The van der Waals surface area contributed by atoms with E-state index in [2.05, 4.69) is 45.1 Å². The first kappa shape index (κ1) is 15.5. The van der Waals surface area contributed by atoms with Crippen molar-refractivity contribution in [1.82, 2.24) is 5.32 Å². The summed E-state index contributed by atoms with van der Waals surface area (Å²) in [6.45, 7) is 11.1. The lowest BCUT2D eigenvalue weighted by Gasteiger charge is -2.24. The van der Waals surface area contributed by atoms with Gasteiger partial charge >= 0.3 is 0 Å². The van der Waals surface area contributed by atoms with Gasteiger partial charge in [0.05, 0.1) is 0 Å². The molecular formula is C16H26ClN. The van der Waals surface area contributed by atoms with Crippen molar-refractivity contribution in [2.75, 3.05) is 13.1 Å². The molecule has 2 heteroatoms. The van der Waals surface area contributed by atoms with Crippen LogP contribution >= 0.6 is 11.6 Å². The van der Waals surface area contributed by atoms with Gasteiger partial charge in [0.25, 0.3) is 0 Å². The third-order valence-corrected chi connectivity index (χ3v) is 3.48. The molecule has 0 aliphatic heterocycles. The lowest BCUT2D eigenvalue weighted by molar-refractivity contribution is 0.345. The molecule has 102 valence electrons. The second-order valence-electron chi connectivity index (χ2n) is 6.16. The largest absolute Gasteiger partial charge is 0.316 e. The van der Waals surface area contributed by atoms with Gasteiger partial charge in [0, 0.05) is 11.6 Å². The van der Waals surface area contributed by atoms with Gasteiger partial charge in [-0.2, -0.15) is 0 Å². The van der Waals surface area contributed by atoms with Gasteiger partial charge in [-0.3, -0.25) is 0 Å². The molecule has 18 heavy (non-hydrogen) atoms. The molecule has 0 aliphatic carbocycles. The number of hydrogen-bond acceptors (Lipinski definition) is 1. The highest BCUT2D eigenvalue weighted by atomic mass is 35.5. The number of likely N-dealkylation sites (N-methyl/N-ethyl adjacent to an activating group) is 1. The van der Waals surface area contributed by atoms with Crippen LogP contribution in [0.2, 0.25) is 5.02 Å². The summed E-state index contributed by atoms with van der Waals surface area (Å²) in [5, 5.41) is 4.28. The highest BCUT2D eigenvalue weighted by Crippen LogP contribution is 2.29. The summed E-state index contributed by atoms with van der Waals surface area (Å²) in [7, 11) is 0. The minimum atomic E-state index is 0.400. The average molecular weight is 268 g/mol. The third-order valence-electron chi connectivity index (χ3n) is 3.22. The first-order chi connectivity index (χ1) is 8.42. The molecule has 0 heterocycles. The molecule has 1 aromatic carbocycles. The second kappa shape index (κ2) is 7.16. The van der Waals surface area contributed by atoms with Crippen LogP contribution in [0.5, 0.6) is 0 Å². The molecule has 0 amide bonds. The Morgan fingerprint density at radius 2 is 1.78 bits per heavy atom. The van der Waals surface area contributed by atoms with Crippen molar-refractivity contribution in [3.8, 4) is 0 Å². The predicted molar refractivity (Wildman–Crippen MR) is 81.4 cm³/mol. The molecule has 1 atom stereocenters. The summed E-state index contributed by atoms with van der Waals surface area (Å²) in [4.78, 5) is 0. The van der Waals surface area contributed by atoms with E-state index in [1.165, 1.54) is 18.4 Å². The van der Waals surface area contributed by atoms with E-state index in [1.807, 2.05) is 12.1 Å². The lowest BCUT2D eigenvalue weighted by Crippen LogP contribution is -2.22. The van der Waals surface area contributed by atoms with Gasteiger partial charge in [0.1, 0.15) is 0 Å². The molecule has 0 radical (unpaired) electrons. The van der Waals surface area contributed by atoms with E-state index in [9.17, 15) is 0 Å². The maximum atomic E-state index is 5.95. The number of benzene rings is 1. The van der Waals surface area contributed by atoms with Crippen molar-refractivity contribution in [3.63, 3.8) is 0 Å². The molecule has 1 nitrogen and oxygen atoms in total. The number of rotatable bonds is 6. The van der Waals surface area contributed by atoms with E-state index in [-0.39, 0.29) is 0 Å². The van der Waals surface area contributed by atoms with Crippen LogP contribution in [0.3, 0.4) is 0 Å². The maximum Gasteiger partial charge on any atom is 0.0406 e. The third kappa shape index (κ3) is 5.88. The minimum absolute atomic E-state index is 0.400. The van der Waals surface area contributed by atoms with Crippen molar-refractivity contribution in [2.24, 2.45) is 5.41 Å². The normalized spacial score (nSPS) is 13.6. The molecule has 1 unspecified atom stereocenters. The standard InChI is InChI=1S/C16H26ClN/c1-5-18-12-14(10-11-16(2,3)4)13-6-8-15(17)9-7-13/h6-9,14,18H,5,10-12H2,1-4H3. The molecule has 1 N–H and O–H groups in total. The Morgan fingerprint density at radius 1 is 1.17 bits per heavy atom. The van der Waals surface area contributed by atoms with Crippen LogP contribution in [0.15, 0.2) is 24.3 Å². The van der Waals surface area contributed by atoms with Gasteiger partial charge in [-0.1, -0.05) is 51.4 Å². The van der Waals surface area contributed by atoms with Crippen LogP contribution < -0.4 is 5.32 Å². The number of halogens is 1. The SMILES string of the molecule is CCNCC(CCC(C)(C)C)c1ccc(Cl)cc1. The Labute approximate surface area is 117 Å². The summed E-state index contributed by atoms with van der Waals surface area (Å²) in [5.74, 6) is 0.585. The first-order valence-corrected chi connectivity index (χ1v) is 7.26. The molecule has 1 rings (SSSR count). The smallest absolute Gasteiger partial charge is 0.0406 e. The van der Waals surface area contributed by atoms with Crippen LogP contribution in [0.1, 0.15) is 52.0 Å². The summed E-state index contributed by atoms with van der Waals surface area (Å²) in [6.07, 6.45) is 2.46. The van der Waals surface area contributed by atoms with Crippen LogP contribution in [0.25, 0.3) is 0 Å². The Morgan fingerprint density at radius 3 is 2.28 bits per heavy atom. The summed E-state index contributed by atoms with van der Waals surface area (Å²) >= 11 is 5.95. The molecule has 0 spiro atoms. The Balaban J connectivity index is 2.68. The quantitative estimate of drug-likeness (QED) is 0.776. The minimum Gasteiger partial charge on any atom is -0.316 e. The highest BCUT2D eigenvalue weighted by molar-refractivity contribution is 6.30. The summed E-state index contributed by atoms with van der Waals surface area (Å²) in [6, 6.07) is 8.31. The highest BCUT2D eigenvalue weighted by Gasteiger charge is 2.16. The number of hydrogen-bond donors (Lipinski definition) is 1. The summed E-state index contributed by atoms with van der Waals surface area (Å²) in [5.41, 5.74) is 1.79. The average Bonchev–Trinajstić information content (AvgIpc) is 2.29. The molecule has 0 bridgehead atoms. The molecule has 1 aromatic rings. The van der Waals surface area contributed by atoms with E-state index in [1.54, 1.807) is 0 Å². The van der Waals surface area contributed by atoms with Gasteiger partial charge in [0.15, 0.2) is 0 Å². The monoisotopic (exact) mass is 267 g/mol. The van der Waals surface area contributed by atoms with E-state index in [0.29, 0.717) is 11.3 Å². The predicted octanol–water partition coefficient (Wildman–Crippen LogP) is 4.86. The van der Waals surface area contributed by atoms with Gasteiger partial charge in [0.2, 0.25) is 0 Å². The first-order valence-electron chi connectivity index (χ1n) is 6.88.